The van der Waals surface area contributed by atoms with Gasteiger partial charge in [0, 0.05) is 17.1 Å². The van der Waals surface area contributed by atoms with Gasteiger partial charge in [0.25, 0.3) is 6.43 Å². The highest BCUT2D eigenvalue weighted by Gasteiger charge is 2.39. The molecule has 0 fully saturated rings. The minimum Gasteiger partial charge on any atom is -0.371 e. The molecule has 11 heteroatoms. The van der Waals surface area contributed by atoms with Crippen LogP contribution in [0.3, 0.4) is 0 Å². The molecular weight excluding hydrogens is 467 g/mol. The molecule has 4 aromatic rings. The van der Waals surface area contributed by atoms with Crippen LogP contribution < -0.4 is 5.32 Å². The van der Waals surface area contributed by atoms with E-state index in [1.807, 2.05) is 0 Å². The summed E-state index contributed by atoms with van der Waals surface area (Å²) in [5, 5.41) is 11.7. The van der Waals surface area contributed by atoms with Gasteiger partial charge in [0.1, 0.15) is 11.6 Å². The Labute approximate surface area is 194 Å². The Morgan fingerprint density at radius 2 is 1.91 bits per heavy atom. The second-order valence-corrected chi connectivity index (χ2v) is 10.9. The zero-order chi connectivity index (χ0) is 24.6. The van der Waals surface area contributed by atoms with Gasteiger partial charge < -0.3 is 5.32 Å². The van der Waals surface area contributed by atoms with E-state index in [-0.39, 0.29) is 33.8 Å². The number of aryl methyl sites for hydroxylation is 1. The maximum absolute atomic E-state index is 15.6. The van der Waals surface area contributed by atoms with E-state index in [4.69, 9.17) is 0 Å². The number of alkyl halides is 2. The summed E-state index contributed by atoms with van der Waals surface area (Å²) in [5.41, 5.74) is -0.816. The van der Waals surface area contributed by atoms with Crippen LogP contribution in [0.2, 0.25) is 0 Å². The smallest absolute Gasteiger partial charge is 0.266 e. The zero-order valence-corrected chi connectivity index (χ0v) is 19.7. The van der Waals surface area contributed by atoms with Crippen molar-refractivity contribution in [1.29, 1.82) is 0 Å². The van der Waals surface area contributed by atoms with Crippen molar-refractivity contribution in [2.24, 2.45) is 0 Å². The van der Waals surface area contributed by atoms with Gasteiger partial charge in [-0.05, 0) is 51.5 Å². The van der Waals surface area contributed by atoms with Gasteiger partial charge in [-0.3, -0.25) is 4.57 Å². The molecule has 1 aliphatic rings. The lowest BCUT2D eigenvalue weighted by molar-refractivity contribution is 0.151. The average Bonchev–Trinajstić information content (AvgIpc) is 3.37. The molecule has 3 heterocycles. The van der Waals surface area contributed by atoms with Gasteiger partial charge in [0.05, 0.1) is 33.7 Å². The van der Waals surface area contributed by atoms with Gasteiger partial charge >= 0.3 is 0 Å². The molecule has 0 amide bonds. The molecule has 0 spiro atoms. The minimum absolute atomic E-state index is 0.0841. The van der Waals surface area contributed by atoms with Gasteiger partial charge in [-0.15, -0.1) is 10.2 Å². The Kier molecular flexibility index (Phi) is 4.84. The summed E-state index contributed by atoms with van der Waals surface area (Å²) in [6.45, 7) is 6.77. The van der Waals surface area contributed by atoms with E-state index in [1.54, 1.807) is 26.8 Å². The third-order valence-electron chi connectivity index (χ3n) is 6.19. The number of halogens is 3. The standard InChI is InChI=1S/C23H22F3N5O2S/c1-5-34(32,33)30-10-9-13-14(7-6-8-17(13)30)18-15(24)11-16-20(19(18)21(25)26)31-12(2)28-29-22(31)23(3,4)27-16/h6-11,21,27H,5H2,1-4H3. The Morgan fingerprint density at radius 3 is 2.59 bits per heavy atom. The average molecular weight is 490 g/mol. The van der Waals surface area contributed by atoms with Gasteiger partial charge in [-0.1, -0.05) is 12.1 Å². The van der Waals surface area contributed by atoms with Crippen LogP contribution in [0.5, 0.6) is 0 Å². The van der Waals surface area contributed by atoms with E-state index in [0.29, 0.717) is 17.0 Å². The highest BCUT2D eigenvalue weighted by atomic mass is 32.2. The van der Waals surface area contributed by atoms with Gasteiger partial charge in [-0.25, -0.2) is 25.6 Å². The quantitative estimate of drug-likeness (QED) is 0.430. The summed E-state index contributed by atoms with van der Waals surface area (Å²) >= 11 is 0. The number of rotatable bonds is 4. The Morgan fingerprint density at radius 1 is 1.18 bits per heavy atom. The monoisotopic (exact) mass is 489 g/mol. The molecule has 1 aliphatic heterocycles. The van der Waals surface area contributed by atoms with E-state index in [9.17, 15) is 17.2 Å². The molecule has 0 bridgehead atoms. The molecule has 0 saturated carbocycles. The molecule has 0 unspecified atom stereocenters. The van der Waals surface area contributed by atoms with Crippen molar-refractivity contribution >= 4 is 26.6 Å². The highest BCUT2D eigenvalue weighted by molar-refractivity contribution is 7.90. The molecule has 0 radical (unpaired) electrons. The summed E-state index contributed by atoms with van der Waals surface area (Å²) in [6.07, 6.45) is -1.67. The summed E-state index contributed by atoms with van der Waals surface area (Å²) in [7, 11) is -3.64. The van der Waals surface area contributed by atoms with Gasteiger partial charge in [-0.2, -0.15) is 0 Å². The molecule has 2 aromatic carbocycles. The van der Waals surface area contributed by atoms with Crippen molar-refractivity contribution in [2.45, 2.75) is 39.7 Å². The number of nitrogens with one attached hydrogen (secondary N) is 1. The van der Waals surface area contributed by atoms with Crippen molar-refractivity contribution in [1.82, 2.24) is 18.7 Å². The number of benzene rings is 2. The maximum atomic E-state index is 15.6. The second-order valence-electron chi connectivity index (χ2n) is 8.75. The Balaban J connectivity index is 1.88. The van der Waals surface area contributed by atoms with Crippen molar-refractivity contribution in [3.8, 4) is 16.8 Å². The minimum atomic E-state index is -3.64. The lowest BCUT2D eigenvalue weighted by Gasteiger charge is -2.35. The van der Waals surface area contributed by atoms with Crippen molar-refractivity contribution in [3.05, 3.63) is 59.6 Å². The number of hydrogen-bond donors (Lipinski definition) is 1. The molecule has 0 saturated heterocycles. The predicted molar refractivity (Wildman–Crippen MR) is 123 cm³/mol. The normalized spacial score (nSPS) is 14.8. The molecule has 0 aliphatic carbocycles. The SMILES string of the molecule is CCS(=O)(=O)n1ccc2c(-c3c(F)cc4c(c3C(F)F)-n3c(C)nnc3C(C)(C)N4)cccc21. The number of nitrogens with zero attached hydrogens (tertiary/aromatic N) is 4. The lowest BCUT2D eigenvalue weighted by atomic mass is 9.91. The van der Waals surface area contributed by atoms with E-state index >= 15 is 4.39 Å². The van der Waals surface area contributed by atoms with Crippen LogP contribution in [0.25, 0.3) is 27.7 Å². The largest absolute Gasteiger partial charge is 0.371 e. The second kappa shape index (κ2) is 7.33. The topological polar surface area (TPSA) is 81.8 Å². The fourth-order valence-corrected chi connectivity index (χ4v) is 5.63. The number of anilines is 1. The Bertz CT molecular complexity index is 1570. The van der Waals surface area contributed by atoms with Crippen molar-refractivity contribution < 1.29 is 21.6 Å². The van der Waals surface area contributed by atoms with E-state index in [1.165, 1.54) is 42.0 Å². The van der Waals surface area contributed by atoms with Crippen LogP contribution >= 0.6 is 0 Å². The molecule has 0 atom stereocenters. The lowest BCUT2D eigenvalue weighted by Crippen LogP contribution is -2.36. The third kappa shape index (κ3) is 3.06. The Hall–Kier alpha value is -3.34. The molecule has 5 rings (SSSR count). The van der Waals surface area contributed by atoms with E-state index < -0.39 is 33.4 Å². The van der Waals surface area contributed by atoms with Crippen molar-refractivity contribution in [3.63, 3.8) is 0 Å². The summed E-state index contributed by atoms with van der Waals surface area (Å²) in [6, 6.07) is 7.31. The van der Waals surface area contributed by atoms with Crippen LogP contribution in [0.4, 0.5) is 18.9 Å². The van der Waals surface area contributed by atoms with Crippen LogP contribution in [0.15, 0.2) is 36.5 Å². The van der Waals surface area contributed by atoms with Crippen molar-refractivity contribution in [2.75, 3.05) is 11.1 Å². The van der Waals surface area contributed by atoms with Crippen LogP contribution in [-0.2, 0) is 15.6 Å². The summed E-state index contributed by atoms with van der Waals surface area (Å²) in [5.74, 6) is -0.169. The van der Waals surface area contributed by atoms with Crippen LogP contribution in [-0.4, -0.2) is 32.9 Å². The maximum Gasteiger partial charge on any atom is 0.266 e. The molecular formula is C23H22F3N5O2S. The third-order valence-corrected chi connectivity index (χ3v) is 7.84. The zero-order valence-electron chi connectivity index (χ0n) is 18.9. The first-order valence-corrected chi connectivity index (χ1v) is 12.3. The van der Waals surface area contributed by atoms with Gasteiger partial charge in [0.2, 0.25) is 10.0 Å². The first-order valence-electron chi connectivity index (χ1n) is 10.7. The van der Waals surface area contributed by atoms with E-state index in [2.05, 4.69) is 15.5 Å². The van der Waals surface area contributed by atoms with Crippen LogP contribution in [0.1, 0.15) is 44.4 Å². The first kappa shape index (κ1) is 22.5. The first-order chi connectivity index (χ1) is 16.0. The molecule has 178 valence electrons. The molecule has 1 N–H and O–H groups in total. The predicted octanol–water partition coefficient (Wildman–Crippen LogP) is 5.13. The van der Waals surface area contributed by atoms with Gasteiger partial charge in [0.15, 0.2) is 5.82 Å². The fourth-order valence-electron chi connectivity index (χ4n) is 4.65. The molecule has 34 heavy (non-hydrogen) atoms. The number of fused-ring (bicyclic) bond motifs is 4. The van der Waals surface area contributed by atoms with Crippen LogP contribution in [0, 0.1) is 12.7 Å². The number of hydrogen-bond acceptors (Lipinski definition) is 5. The summed E-state index contributed by atoms with van der Waals surface area (Å²) < 4.78 is 72.7. The summed E-state index contributed by atoms with van der Waals surface area (Å²) in [4.78, 5) is 0. The fraction of sp³-hybridized carbons (Fsp3) is 0.304. The molecule has 7 nitrogen and oxygen atoms in total. The number of aromatic nitrogens is 4. The highest BCUT2D eigenvalue weighted by Crippen LogP contribution is 2.47. The molecule has 2 aromatic heterocycles. The van der Waals surface area contributed by atoms with E-state index in [0.717, 1.165) is 3.97 Å².